The maximum Gasteiger partial charge on any atom is 0.192 e. The maximum absolute atomic E-state index is 9.50. The molecule has 30 heavy (non-hydrogen) atoms. The van der Waals surface area contributed by atoms with Crippen LogP contribution in [0.5, 0.6) is 5.75 Å². The monoisotopic (exact) mass is 440 g/mol. The molecule has 0 aliphatic rings. The molecule has 1 atom stereocenters. The molecule has 0 radical (unpaired) electrons. The van der Waals surface area contributed by atoms with E-state index in [0.717, 1.165) is 0 Å². The minimum Gasteiger partial charge on any atom is -0.488 e. The number of pyridine rings is 1. The molecule has 0 aliphatic carbocycles. The van der Waals surface area contributed by atoms with E-state index in [1.165, 1.54) is 0 Å². The number of aromatic amines is 1. The van der Waals surface area contributed by atoms with Crippen molar-refractivity contribution in [1.82, 2.24) is 4.98 Å². The number of aromatic nitrogens is 1. The number of benzene rings is 1. The minimum absolute atomic E-state index is 0.115. The first kappa shape index (κ1) is 23.6. The van der Waals surface area contributed by atoms with Crippen LogP contribution in [0.2, 0.25) is 18.1 Å². The van der Waals surface area contributed by atoms with E-state index in [1.54, 1.807) is 24.3 Å². The highest BCUT2D eigenvalue weighted by Crippen LogP contribution is 2.37. The van der Waals surface area contributed by atoms with Crippen molar-refractivity contribution in [3.63, 3.8) is 0 Å². The topological polar surface area (TPSA) is 108 Å². The number of nitrogens with zero attached hydrogens (tertiary/aromatic N) is 2. The van der Waals surface area contributed by atoms with E-state index in [9.17, 15) is 10.5 Å². The zero-order valence-corrected chi connectivity index (χ0v) is 20.1. The van der Waals surface area contributed by atoms with Crippen molar-refractivity contribution >= 4 is 26.4 Å². The zero-order valence-electron chi connectivity index (χ0n) is 18.3. The molecule has 0 amide bonds. The summed E-state index contributed by atoms with van der Waals surface area (Å²) in [6, 6.07) is 11.3. The molecule has 1 aromatic heterocycles. The molecule has 0 bridgehead atoms. The van der Waals surface area contributed by atoms with Gasteiger partial charge in [0.15, 0.2) is 8.32 Å². The maximum atomic E-state index is 9.50. The van der Waals surface area contributed by atoms with Crippen molar-refractivity contribution in [3.8, 4) is 29.0 Å². The lowest BCUT2D eigenvalue weighted by atomic mass is 9.97. The molecule has 2 rings (SSSR count). The molecule has 0 unspecified atom stereocenters. The first-order valence-corrected chi connectivity index (χ1v) is 13.0. The second-order valence-electron chi connectivity index (χ2n) is 8.74. The summed E-state index contributed by atoms with van der Waals surface area (Å²) in [5, 5.41) is 19.1. The van der Waals surface area contributed by atoms with Crippen molar-refractivity contribution in [1.29, 1.82) is 10.5 Å². The fraction of sp³-hybridized carbons (Fsp3) is 0.409. The Morgan fingerprint density at radius 1 is 1.13 bits per heavy atom. The summed E-state index contributed by atoms with van der Waals surface area (Å²) >= 11 is 5.20. The molecule has 2 aromatic rings. The minimum atomic E-state index is -1.84. The number of nitrogens with two attached hydrogens (primary N) is 1. The van der Waals surface area contributed by atoms with Crippen molar-refractivity contribution in [3.05, 3.63) is 40.0 Å². The number of ether oxygens (including phenoxy) is 1. The molecule has 0 saturated carbocycles. The van der Waals surface area contributed by atoms with Crippen LogP contribution < -0.4 is 10.5 Å². The highest BCUT2D eigenvalue weighted by atomic mass is 32.1. The number of nitrogen functional groups attached to an aromatic ring is 1. The van der Waals surface area contributed by atoms with Crippen molar-refractivity contribution in [2.24, 2.45) is 0 Å². The third-order valence-corrected chi connectivity index (χ3v) is 10.2. The Bertz CT molecular complexity index is 1060. The summed E-state index contributed by atoms with van der Waals surface area (Å²) in [5.41, 5.74) is 7.43. The zero-order chi connectivity index (χ0) is 22.7. The number of nitriles is 2. The summed E-state index contributed by atoms with van der Waals surface area (Å²) in [6.45, 7) is 13.5. The Balaban J connectivity index is 2.22. The Hall–Kier alpha value is -2.65. The van der Waals surface area contributed by atoms with Gasteiger partial charge in [-0.2, -0.15) is 10.5 Å². The number of hydrogen-bond donors (Lipinski definition) is 2. The lowest BCUT2D eigenvalue weighted by Gasteiger charge is -2.36. The van der Waals surface area contributed by atoms with Crippen molar-refractivity contribution in [2.45, 2.75) is 51.9 Å². The lowest BCUT2D eigenvalue weighted by Crippen LogP contribution is -2.43. The summed E-state index contributed by atoms with van der Waals surface area (Å²) in [6.07, 6.45) is -0.115. The average molecular weight is 441 g/mol. The quantitative estimate of drug-likeness (QED) is 0.452. The van der Waals surface area contributed by atoms with Crippen molar-refractivity contribution in [2.75, 3.05) is 12.3 Å². The first-order chi connectivity index (χ1) is 13.9. The van der Waals surface area contributed by atoms with E-state index in [0.29, 0.717) is 23.5 Å². The normalized spacial score (nSPS) is 12.7. The highest BCUT2D eigenvalue weighted by molar-refractivity contribution is 7.71. The van der Waals surface area contributed by atoms with Gasteiger partial charge in [-0.15, -0.1) is 0 Å². The van der Waals surface area contributed by atoms with Gasteiger partial charge < -0.3 is 19.9 Å². The van der Waals surface area contributed by atoms with Crippen molar-refractivity contribution < 1.29 is 9.16 Å². The summed E-state index contributed by atoms with van der Waals surface area (Å²) in [5.74, 6) is 0.824. The fourth-order valence-electron chi connectivity index (χ4n) is 2.64. The van der Waals surface area contributed by atoms with Gasteiger partial charge in [0, 0.05) is 5.56 Å². The van der Waals surface area contributed by atoms with Gasteiger partial charge >= 0.3 is 0 Å². The number of nitrogens with one attached hydrogen (secondary N) is 1. The molecule has 158 valence electrons. The molecule has 6 nitrogen and oxygen atoms in total. The van der Waals surface area contributed by atoms with Crippen LogP contribution in [0.1, 0.15) is 38.8 Å². The molecule has 0 aliphatic heterocycles. The van der Waals surface area contributed by atoms with Crippen LogP contribution in [0.15, 0.2) is 24.3 Å². The van der Waals surface area contributed by atoms with Gasteiger partial charge in [-0.1, -0.05) is 45.1 Å². The van der Waals surface area contributed by atoms with Gasteiger partial charge in [0.05, 0.1) is 12.2 Å². The molecule has 0 spiro atoms. The molecule has 1 heterocycles. The number of rotatable bonds is 6. The van der Waals surface area contributed by atoms with E-state index in [2.05, 4.69) is 51.0 Å². The van der Waals surface area contributed by atoms with Crippen LogP contribution in [0.25, 0.3) is 11.1 Å². The number of hydrogen-bond acceptors (Lipinski definition) is 6. The Morgan fingerprint density at radius 3 is 2.20 bits per heavy atom. The molecule has 0 fully saturated rings. The van der Waals surface area contributed by atoms with E-state index >= 15 is 0 Å². The smallest absolute Gasteiger partial charge is 0.192 e. The van der Waals surface area contributed by atoms with E-state index in [-0.39, 0.29) is 32.7 Å². The summed E-state index contributed by atoms with van der Waals surface area (Å²) < 4.78 is 12.4. The van der Waals surface area contributed by atoms with Gasteiger partial charge in [0.25, 0.3) is 0 Å². The Labute approximate surface area is 184 Å². The highest BCUT2D eigenvalue weighted by Gasteiger charge is 2.37. The molecule has 8 heteroatoms. The second kappa shape index (κ2) is 9.01. The molecule has 0 saturated heterocycles. The average Bonchev–Trinajstić information content (AvgIpc) is 2.66. The van der Waals surface area contributed by atoms with E-state index in [4.69, 9.17) is 27.1 Å². The van der Waals surface area contributed by atoms with Gasteiger partial charge in [0.1, 0.15) is 40.0 Å². The molecule has 3 N–H and O–H groups in total. The SMILES string of the molecule is C[C@@H](CO[Si](C)(C)C(C)(C)C)Oc1ccc(-c2c(C#N)c(N)[nH]c(=S)c2C#N)cc1. The van der Waals surface area contributed by atoms with Crippen LogP contribution in [-0.4, -0.2) is 26.0 Å². The van der Waals surface area contributed by atoms with Gasteiger partial charge in [-0.3, -0.25) is 0 Å². The van der Waals surface area contributed by atoms with E-state index < -0.39 is 8.32 Å². The number of anilines is 1. The first-order valence-electron chi connectivity index (χ1n) is 9.68. The standard InChI is InChI=1S/C22H28N4O2SSi/c1-14(13-27-30(5,6)22(2,3)4)28-16-9-7-15(8-10-16)19-17(11-23)20(25)26-21(29)18(19)12-24/h7-10,14H,13H2,1-6H3,(H3,25,26,29)/t14-/m0/s1. The van der Waals surface area contributed by atoms with Crippen LogP contribution in [0.4, 0.5) is 5.82 Å². The molecular weight excluding hydrogens is 412 g/mol. The number of H-pyrrole nitrogens is 1. The third kappa shape index (κ3) is 5.09. The predicted octanol–water partition coefficient (Wildman–Crippen LogP) is 5.53. The van der Waals surface area contributed by atoms with Gasteiger partial charge in [-0.05, 0) is 42.8 Å². The Kier molecular flexibility index (Phi) is 7.09. The van der Waals surface area contributed by atoms with Crippen LogP contribution in [-0.2, 0) is 4.43 Å². The lowest BCUT2D eigenvalue weighted by molar-refractivity contribution is 0.134. The van der Waals surface area contributed by atoms with Gasteiger partial charge in [0.2, 0.25) is 0 Å². The fourth-order valence-corrected chi connectivity index (χ4v) is 3.98. The summed E-state index contributed by atoms with van der Waals surface area (Å²) in [7, 11) is -1.84. The Morgan fingerprint density at radius 2 is 1.70 bits per heavy atom. The van der Waals surface area contributed by atoms with Crippen LogP contribution in [0, 0.1) is 27.3 Å². The largest absolute Gasteiger partial charge is 0.488 e. The summed E-state index contributed by atoms with van der Waals surface area (Å²) in [4.78, 5) is 2.71. The molecule has 1 aromatic carbocycles. The third-order valence-electron chi connectivity index (χ3n) is 5.43. The van der Waals surface area contributed by atoms with E-state index in [1.807, 2.05) is 6.92 Å². The molecular formula is C22H28N4O2SSi. The van der Waals surface area contributed by atoms with Crippen LogP contribution in [0.3, 0.4) is 0 Å². The second-order valence-corrected chi connectivity index (χ2v) is 14.0. The van der Waals surface area contributed by atoms with Crippen LogP contribution >= 0.6 is 12.2 Å². The van der Waals surface area contributed by atoms with Gasteiger partial charge in [-0.25, -0.2) is 0 Å². The predicted molar refractivity (Wildman–Crippen MR) is 124 cm³/mol.